The molecule has 0 aliphatic rings. The second kappa shape index (κ2) is 7.53. The largest absolute Gasteiger partial charge is 0.384 e. The minimum Gasteiger partial charge on any atom is -0.384 e. The SMILES string of the molecule is CC(C)CCS(=O)(=O)Nc1ccc(Cl)cc1C#CCO. The molecule has 0 atom stereocenters. The van der Waals surface area contributed by atoms with E-state index < -0.39 is 10.0 Å². The Hall–Kier alpha value is -1.22. The summed E-state index contributed by atoms with van der Waals surface area (Å²) in [6.45, 7) is 3.64. The number of aliphatic hydroxyl groups is 1. The van der Waals surface area contributed by atoms with Gasteiger partial charge in [0.25, 0.3) is 0 Å². The van der Waals surface area contributed by atoms with Crippen molar-refractivity contribution in [3.8, 4) is 11.8 Å². The molecule has 1 rings (SSSR count). The number of rotatable bonds is 5. The lowest BCUT2D eigenvalue weighted by molar-refractivity contribution is 0.350. The molecular weight excluding hydrogens is 298 g/mol. The molecule has 0 heterocycles. The Morgan fingerprint density at radius 3 is 2.70 bits per heavy atom. The number of nitrogens with one attached hydrogen (secondary N) is 1. The lowest BCUT2D eigenvalue weighted by Crippen LogP contribution is -2.18. The predicted octanol–water partition coefficient (Wildman–Crippen LogP) is 2.47. The fraction of sp³-hybridized carbons (Fsp3) is 0.429. The van der Waals surface area contributed by atoms with Gasteiger partial charge in [0.2, 0.25) is 10.0 Å². The molecule has 0 saturated heterocycles. The van der Waals surface area contributed by atoms with Crippen LogP contribution in [-0.2, 0) is 10.0 Å². The summed E-state index contributed by atoms with van der Waals surface area (Å²) in [5, 5.41) is 9.18. The monoisotopic (exact) mass is 315 g/mol. The molecule has 0 bridgehead atoms. The first-order valence-electron chi connectivity index (χ1n) is 6.24. The van der Waals surface area contributed by atoms with Gasteiger partial charge in [-0.05, 0) is 30.5 Å². The van der Waals surface area contributed by atoms with Gasteiger partial charge in [-0.15, -0.1) is 0 Å². The smallest absolute Gasteiger partial charge is 0.232 e. The van der Waals surface area contributed by atoms with Crippen LogP contribution in [0.4, 0.5) is 5.69 Å². The first kappa shape index (κ1) is 16.8. The molecule has 2 N–H and O–H groups in total. The van der Waals surface area contributed by atoms with Crippen molar-refractivity contribution in [3.63, 3.8) is 0 Å². The van der Waals surface area contributed by atoms with Crippen LogP contribution in [0.15, 0.2) is 18.2 Å². The van der Waals surface area contributed by atoms with E-state index in [-0.39, 0.29) is 12.4 Å². The molecule has 6 heteroatoms. The maximum atomic E-state index is 12.0. The van der Waals surface area contributed by atoms with Gasteiger partial charge in [-0.1, -0.05) is 37.3 Å². The van der Waals surface area contributed by atoms with E-state index in [1.54, 1.807) is 18.2 Å². The number of aliphatic hydroxyl groups excluding tert-OH is 1. The fourth-order valence-corrected chi connectivity index (χ4v) is 3.02. The third-order valence-corrected chi connectivity index (χ3v) is 4.05. The number of benzene rings is 1. The third kappa shape index (κ3) is 5.83. The summed E-state index contributed by atoms with van der Waals surface area (Å²) in [4.78, 5) is 0. The Kier molecular flexibility index (Phi) is 6.34. The van der Waals surface area contributed by atoms with E-state index in [4.69, 9.17) is 16.7 Å². The summed E-state index contributed by atoms with van der Waals surface area (Å²) in [5.74, 6) is 5.53. The highest BCUT2D eigenvalue weighted by molar-refractivity contribution is 7.92. The predicted molar refractivity (Wildman–Crippen MR) is 82.3 cm³/mol. The van der Waals surface area contributed by atoms with Crippen molar-refractivity contribution in [2.24, 2.45) is 5.92 Å². The average molecular weight is 316 g/mol. The van der Waals surface area contributed by atoms with E-state index in [1.165, 1.54) is 0 Å². The first-order valence-corrected chi connectivity index (χ1v) is 8.27. The van der Waals surface area contributed by atoms with Crippen LogP contribution in [0.5, 0.6) is 0 Å². The van der Waals surface area contributed by atoms with Crippen molar-refractivity contribution in [1.29, 1.82) is 0 Å². The molecule has 0 amide bonds. The van der Waals surface area contributed by atoms with E-state index in [0.29, 0.717) is 28.6 Å². The summed E-state index contributed by atoms with van der Waals surface area (Å²) in [6.07, 6.45) is 0.584. The van der Waals surface area contributed by atoms with Crippen molar-refractivity contribution in [3.05, 3.63) is 28.8 Å². The molecule has 0 aliphatic carbocycles. The van der Waals surface area contributed by atoms with Crippen molar-refractivity contribution in [2.75, 3.05) is 17.1 Å². The van der Waals surface area contributed by atoms with E-state index in [2.05, 4.69) is 16.6 Å². The van der Waals surface area contributed by atoms with Crippen LogP contribution in [0.25, 0.3) is 0 Å². The highest BCUT2D eigenvalue weighted by Crippen LogP contribution is 2.21. The highest BCUT2D eigenvalue weighted by atomic mass is 35.5. The standard InChI is InChI=1S/C14H18ClNO3S/c1-11(2)7-9-20(18,19)16-14-6-5-13(15)10-12(14)4-3-8-17/h5-6,10-11,16-17H,7-9H2,1-2H3. The first-order chi connectivity index (χ1) is 9.34. The van der Waals surface area contributed by atoms with Gasteiger partial charge in [0.05, 0.1) is 17.0 Å². The van der Waals surface area contributed by atoms with E-state index in [9.17, 15) is 8.42 Å². The Balaban J connectivity index is 2.96. The zero-order chi connectivity index (χ0) is 15.2. The molecule has 4 nitrogen and oxygen atoms in total. The summed E-state index contributed by atoms with van der Waals surface area (Å²) in [6, 6.07) is 4.72. The molecule has 0 fully saturated rings. The van der Waals surface area contributed by atoms with Crippen LogP contribution in [0.1, 0.15) is 25.8 Å². The van der Waals surface area contributed by atoms with Crippen LogP contribution in [0, 0.1) is 17.8 Å². The van der Waals surface area contributed by atoms with Gasteiger partial charge in [0.1, 0.15) is 6.61 Å². The lowest BCUT2D eigenvalue weighted by Gasteiger charge is -2.11. The van der Waals surface area contributed by atoms with Crippen LogP contribution >= 0.6 is 11.6 Å². The quantitative estimate of drug-likeness (QED) is 0.820. The van der Waals surface area contributed by atoms with Crippen LogP contribution < -0.4 is 4.72 Å². The Bertz CT molecular complexity index is 615. The van der Waals surface area contributed by atoms with Crippen LogP contribution in [0.2, 0.25) is 5.02 Å². The van der Waals surface area contributed by atoms with Gasteiger partial charge in [0, 0.05) is 5.02 Å². The van der Waals surface area contributed by atoms with Crippen molar-refractivity contribution >= 4 is 27.3 Å². The minimum atomic E-state index is -3.41. The molecule has 0 spiro atoms. The van der Waals surface area contributed by atoms with E-state index >= 15 is 0 Å². The van der Waals surface area contributed by atoms with E-state index in [0.717, 1.165) is 0 Å². The summed E-state index contributed by atoms with van der Waals surface area (Å²) >= 11 is 5.86. The van der Waals surface area contributed by atoms with Crippen LogP contribution in [0.3, 0.4) is 0 Å². The van der Waals surface area contributed by atoms with Crippen LogP contribution in [-0.4, -0.2) is 25.9 Å². The van der Waals surface area contributed by atoms with Crippen molar-refractivity contribution in [2.45, 2.75) is 20.3 Å². The number of hydrogen-bond acceptors (Lipinski definition) is 3. The molecule has 110 valence electrons. The molecule has 1 aromatic carbocycles. The van der Waals surface area contributed by atoms with Gasteiger partial charge in [0.15, 0.2) is 0 Å². The van der Waals surface area contributed by atoms with Gasteiger partial charge in [-0.2, -0.15) is 0 Å². The molecule has 0 unspecified atom stereocenters. The topological polar surface area (TPSA) is 66.4 Å². The molecular formula is C14H18ClNO3S. The second-order valence-electron chi connectivity index (χ2n) is 4.75. The van der Waals surface area contributed by atoms with Gasteiger partial charge < -0.3 is 5.11 Å². The summed E-state index contributed by atoms with van der Waals surface area (Å²) < 4.78 is 26.5. The number of hydrogen-bond donors (Lipinski definition) is 2. The number of anilines is 1. The fourth-order valence-electron chi connectivity index (χ4n) is 1.45. The van der Waals surface area contributed by atoms with Gasteiger partial charge in [-0.25, -0.2) is 8.42 Å². The summed E-state index contributed by atoms with van der Waals surface area (Å²) in [7, 11) is -3.41. The molecule has 0 saturated carbocycles. The maximum absolute atomic E-state index is 12.0. The lowest BCUT2D eigenvalue weighted by atomic mass is 10.2. The molecule has 1 aromatic rings. The molecule has 0 radical (unpaired) electrons. The normalized spacial score (nSPS) is 11.1. The van der Waals surface area contributed by atoms with E-state index in [1.807, 2.05) is 13.8 Å². The number of sulfonamides is 1. The van der Waals surface area contributed by atoms with Crippen molar-refractivity contribution < 1.29 is 13.5 Å². The second-order valence-corrected chi connectivity index (χ2v) is 7.03. The Labute approximate surface area is 125 Å². The average Bonchev–Trinajstić information content (AvgIpc) is 2.37. The molecule has 0 aliphatic heterocycles. The zero-order valence-corrected chi connectivity index (χ0v) is 13.1. The molecule has 0 aromatic heterocycles. The number of halogens is 1. The summed E-state index contributed by atoms with van der Waals surface area (Å²) in [5.41, 5.74) is 0.818. The van der Waals surface area contributed by atoms with Gasteiger partial charge in [-0.3, -0.25) is 4.72 Å². The minimum absolute atomic E-state index is 0.0557. The maximum Gasteiger partial charge on any atom is 0.232 e. The third-order valence-electron chi connectivity index (χ3n) is 2.51. The highest BCUT2D eigenvalue weighted by Gasteiger charge is 2.13. The zero-order valence-electron chi connectivity index (χ0n) is 11.5. The van der Waals surface area contributed by atoms with Gasteiger partial charge >= 0.3 is 0 Å². The van der Waals surface area contributed by atoms with Crippen molar-refractivity contribution in [1.82, 2.24) is 0 Å². The molecule has 20 heavy (non-hydrogen) atoms. The Morgan fingerprint density at radius 1 is 1.40 bits per heavy atom. The Morgan fingerprint density at radius 2 is 2.10 bits per heavy atom.